The highest BCUT2D eigenvalue weighted by atomic mass is 19.1. The topological polar surface area (TPSA) is 84.1 Å². The number of carbonyl (C=O) groups is 1. The van der Waals surface area contributed by atoms with Crippen molar-refractivity contribution in [1.29, 1.82) is 0 Å². The molecule has 0 saturated heterocycles. The van der Waals surface area contributed by atoms with Crippen molar-refractivity contribution in [2.45, 2.75) is 6.54 Å². The summed E-state index contributed by atoms with van der Waals surface area (Å²) in [5.74, 6) is -0.536. The summed E-state index contributed by atoms with van der Waals surface area (Å²) in [5.41, 5.74) is 0.263. The Bertz CT molecular complexity index is 940. The van der Waals surface area contributed by atoms with Crippen LogP contribution in [-0.4, -0.2) is 22.7 Å². The third-order valence-electron chi connectivity index (χ3n) is 3.39. The molecule has 0 aliphatic carbocycles. The van der Waals surface area contributed by atoms with Crippen LogP contribution in [0.4, 0.5) is 4.39 Å². The van der Waals surface area contributed by atoms with Gasteiger partial charge in [-0.3, -0.25) is 9.59 Å². The van der Waals surface area contributed by atoms with Crippen LogP contribution < -0.4 is 15.6 Å². The molecule has 0 aliphatic rings. The molecule has 0 fully saturated rings. The standard InChI is InChI=1S/C17H14FN3O3/c18-11-4-3-5-12(8-11)24-10-16(22)19-9-15-13-6-1-2-7-14(13)17(23)21-20-15/h1-8H,9-10H2,(H,19,22)(H,21,23). The van der Waals surface area contributed by atoms with Gasteiger partial charge in [0.1, 0.15) is 11.6 Å². The minimum absolute atomic E-state index is 0.142. The summed E-state index contributed by atoms with van der Waals surface area (Å²) in [6, 6.07) is 12.6. The van der Waals surface area contributed by atoms with Crippen LogP contribution >= 0.6 is 0 Å². The van der Waals surface area contributed by atoms with Crippen molar-refractivity contribution in [3.05, 3.63) is 70.4 Å². The highest BCUT2D eigenvalue weighted by molar-refractivity contribution is 5.84. The lowest BCUT2D eigenvalue weighted by Gasteiger charge is -2.08. The van der Waals surface area contributed by atoms with Crippen molar-refractivity contribution in [1.82, 2.24) is 15.5 Å². The first-order valence-corrected chi connectivity index (χ1v) is 7.25. The van der Waals surface area contributed by atoms with Crippen LogP contribution in [0.25, 0.3) is 10.8 Å². The number of fused-ring (bicyclic) bond motifs is 1. The van der Waals surface area contributed by atoms with Gasteiger partial charge in [0.15, 0.2) is 6.61 Å². The molecule has 0 bridgehead atoms. The van der Waals surface area contributed by atoms with E-state index in [0.29, 0.717) is 16.5 Å². The maximum Gasteiger partial charge on any atom is 0.272 e. The van der Waals surface area contributed by atoms with E-state index < -0.39 is 5.82 Å². The molecule has 1 amide bonds. The molecule has 1 heterocycles. The normalized spacial score (nSPS) is 10.5. The van der Waals surface area contributed by atoms with Crippen LogP contribution in [0.3, 0.4) is 0 Å². The molecule has 2 aromatic carbocycles. The van der Waals surface area contributed by atoms with E-state index in [4.69, 9.17) is 4.74 Å². The number of H-pyrrole nitrogens is 1. The van der Waals surface area contributed by atoms with E-state index in [1.54, 1.807) is 30.3 Å². The van der Waals surface area contributed by atoms with Crippen LogP contribution in [-0.2, 0) is 11.3 Å². The highest BCUT2D eigenvalue weighted by Gasteiger charge is 2.08. The highest BCUT2D eigenvalue weighted by Crippen LogP contribution is 2.13. The van der Waals surface area contributed by atoms with Gasteiger partial charge in [-0.1, -0.05) is 24.3 Å². The summed E-state index contributed by atoms with van der Waals surface area (Å²) >= 11 is 0. The molecule has 2 N–H and O–H groups in total. The molecule has 0 radical (unpaired) electrons. The molecule has 1 aromatic heterocycles. The zero-order valence-electron chi connectivity index (χ0n) is 12.6. The second-order valence-corrected chi connectivity index (χ2v) is 5.07. The number of nitrogens with one attached hydrogen (secondary N) is 2. The van der Waals surface area contributed by atoms with Crippen LogP contribution in [0.2, 0.25) is 0 Å². The van der Waals surface area contributed by atoms with Gasteiger partial charge >= 0.3 is 0 Å². The van der Waals surface area contributed by atoms with Gasteiger partial charge in [-0.25, -0.2) is 9.49 Å². The van der Waals surface area contributed by atoms with E-state index in [-0.39, 0.29) is 30.4 Å². The summed E-state index contributed by atoms with van der Waals surface area (Å²) in [6.07, 6.45) is 0. The third-order valence-corrected chi connectivity index (χ3v) is 3.39. The number of halogens is 1. The van der Waals surface area contributed by atoms with Crippen LogP contribution in [0.15, 0.2) is 53.3 Å². The van der Waals surface area contributed by atoms with Crippen molar-refractivity contribution in [3.63, 3.8) is 0 Å². The maximum absolute atomic E-state index is 13.0. The summed E-state index contributed by atoms with van der Waals surface area (Å²) in [5, 5.41) is 10.2. The maximum atomic E-state index is 13.0. The van der Waals surface area contributed by atoms with Crippen molar-refractivity contribution >= 4 is 16.7 Å². The number of amides is 1. The summed E-state index contributed by atoms with van der Waals surface area (Å²) in [7, 11) is 0. The van der Waals surface area contributed by atoms with E-state index in [1.807, 2.05) is 0 Å². The molecule has 3 rings (SSSR count). The Morgan fingerprint density at radius 3 is 2.75 bits per heavy atom. The Labute approximate surface area is 136 Å². The van der Waals surface area contributed by atoms with Gasteiger partial charge in [-0.05, 0) is 18.2 Å². The Balaban J connectivity index is 1.63. The Hall–Kier alpha value is -3.22. The first-order valence-electron chi connectivity index (χ1n) is 7.25. The summed E-state index contributed by atoms with van der Waals surface area (Å²) < 4.78 is 18.2. The smallest absolute Gasteiger partial charge is 0.272 e. The van der Waals surface area contributed by atoms with Gasteiger partial charge in [-0.15, -0.1) is 0 Å². The van der Waals surface area contributed by atoms with Gasteiger partial charge in [0, 0.05) is 11.5 Å². The third kappa shape index (κ3) is 3.57. The molecule has 6 nitrogen and oxygen atoms in total. The van der Waals surface area contributed by atoms with E-state index in [1.165, 1.54) is 18.2 Å². The molecule has 3 aromatic rings. The zero-order valence-corrected chi connectivity index (χ0v) is 12.6. The number of hydrogen-bond donors (Lipinski definition) is 2. The second kappa shape index (κ2) is 6.91. The van der Waals surface area contributed by atoms with Gasteiger partial charge in [-0.2, -0.15) is 5.10 Å². The average Bonchev–Trinajstić information content (AvgIpc) is 2.60. The fourth-order valence-electron chi connectivity index (χ4n) is 2.25. The van der Waals surface area contributed by atoms with Crippen molar-refractivity contribution in [2.75, 3.05) is 6.61 Å². The fraction of sp³-hybridized carbons (Fsp3) is 0.118. The lowest BCUT2D eigenvalue weighted by molar-refractivity contribution is -0.123. The number of carbonyl (C=O) groups excluding carboxylic acids is 1. The monoisotopic (exact) mass is 327 g/mol. The van der Waals surface area contributed by atoms with E-state index >= 15 is 0 Å². The number of nitrogens with zero attached hydrogens (tertiary/aromatic N) is 1. The average molecular weight is 327 g/mol. The quantitative estimate of drug-likeness (QED) is 0.748. The van der Waals surface area contributed by atoms with Gasteiger partial charge in [0.25, 0.3) is 11.5 Å². The van der Waals surface area contributed by atoms with E-state index in [0.717, 1.165) is 0 Å². The molecular weight excluding hydrogens is 313 g/mol. The first-order chi connectivity index (χ1) is 11.6. The number of aromatic amines is 1. The molecule has 0 aliphatic heterocycles. The molecule has 0 unspecified atom stereocenters. The lowest BCUT2D eigenvalue weighted by atomic mass is 10.1. The van der Waals surface area contributed by atoms with Gasteiger partial charge < -0.3 is 10.1 Å². The molecule has 0 spiro atoms. The van der Waals surface area contributed by atoms with Crippen LogP contribution in [0, 0.1) is 5.82 Å². The predicted octanol–water partition coefficient (Wildman–Crippen LogP) is 1.76. The zero-order chi connectivity index (χ0) is 16.9. The molecule has 0 saturated carbocycles. The number of rotatable bonds is 5. The summed E-state index contributed by atoms with van der Waals surface area (Å²) in [6.45, 7) is -0.104. The molecule has 24 heavy (non-hydrogen) atoms. The SMILES string of the molecule is O=C(COc1cccc(F)c1)NCc1n[nH]c(=O)c2ccccc12. The predicted molar refractivity (Wildman–Crippen MR) is 86.1 cm³/mol. The Morgan fingerprint density at radius 2 is 1.96 bits per heavy atom. The first kappa shape index (κ1) is 15.7. The summed E-state index contributed by atoms with van der Waals surface area (Å²) in [4.78, 5) is 23.5. The fourth-order valence-corrected chi connectivity index (χ4v) is 2.25. The number of benzene rings is 2. The van der Waals surface area contributed by atoms with Gasteiger partial charge in [0.2, 0.25) is 0 Å². The largest absolute Gasteiger partial charge is 0.484 e. The number of ether oxygens (including phenoxy) is 1. The molecule has 122 valence electrons. The van der Waals surface area contributed by atoms with Gasteiger partial charge in [0.05, 0.1) is 17.6 Å². The van der Waals surface area contributed by atoms with Crippen LogP contribution in [0.1, 0.15) is 5.69 Å². The van der Waals surface area contributed by atoms with Crippen LogP contribution in [0.5, 0.6) is 5.75 Å². The second-order valence-electron chi connectivity index (χ2n) is 5.07. The molecule has 0 atom stereocenters. The number of aromatic nitrogens is 2. The van der Waals surface area contributed by atoms with E-state index in [9.17, 15) is 14.0 Å². The van der Waals surface area contributed by atoms with Crippen molar-refractivity contribution in [2.24, 2.45) is 0 Å². The van der Waals surface area contributed by atoms with Crippen molar-refractivity contribution in [3.8, 4) is 5.75 Å². The lowest BCUT2D eigenvalue weighted by Crippen LogP contribution is -2.29. The minimum Gasteiger partial charge on any atom is -0.484 e. The number of hydrogen-bond acceptors (Lipinski definition) is 4. The van der Waals surface area contributed by atoms with E-state index in [2.05, 4.69) is 15.5 Å². The molecule has 7 heteroatoms. The Morgan fingerprint density at radius 1 is 1.17 bits per heavy atom. The minimum atomic E-state index is -0.434. The Kier molecular flexibility index (Phi) is 4.51. The van der Waals surface area contributed by atoms with Crippen molar-refractivity contribution < 1.29 is 13.9 Å². The molecular formula is C17H14FN3O3.